The summed E-state index contributed by atoms with van der Waals surface area (Å²) in [4.78, 5) is 12.8. The minimum Gasteiger partial charge on any atom is -0.352 e. The second kappa shape index (κ2) is 7.23. The molecule has 1 unspecified atom stereocenters. The van der Waals surface area contributed by atoms with Crippen LogP contribution in [0.5, 0.6) is 0 Å². The van der Waals surface area contributed by atoms with Crippen LogP contribution in [0.4, 0.5) is 0 Å². The minimum absolute atomic E-state index is 0.118. The van der Waals surface area contributed by atoms with Crippen molar-refractivity contribution in [1.29, 1.82) is 0 Å². The normalized spacial score (nSPS) is 18.8. The molecule has 1 fully saturated rings. The first-order valence-electron chi connectivity index (χ1n) is 8.42. The van der Waals surface area contributed by atoms with E-state index in [-0.39, 0.29) is 11.9 Å². The van der Waals surface area contributed by atoms with Crippen LogP contribution in [0.2, 0.25) is 0 Å². The Kier molecular flexibility index (Phi) is 5.71. The van der Waals surface area contributed by atoms with Gasteiger partial charge in [-0.15, -0.1) is 0 Å². The second-order valence-corrected chi connectivity index (χ2v) is 9.42. The van der Waals surface area contributed by atoms with Gasteiger partial charge in [-0.2, -0.15) is 0 Å². The van der Waals surface area contributed by atoms with Crippen molar-refractivity contribution in [1.82, 2.24) is 10.6 Å². The van der Waals surface area contributed by atoms with E-state index in [1.54, 1.807) is 0 Å². The third kappa shape index (κ3) is 4.16. The molecule has 1 heterocycles. The van der Waals surface area contributed by atoms with Gasteiger partial charge in [-0.1, -0.05) is 29.3 Å². The van der Waals surface area contributed by atoms with Crippen molar-refractivity contribution in [2.75, 3.05) is 19.3 Å². The van der Waals surface area contributed by atoms with Gasteiger partial charge >= 0.3 is 0 Å². The molecular formula is C18H28N2O3S. The Balaban J connectivity index is 2.11. The van der Waals surface area contributed by atoms with Gasteiger partial charge in [0, 0.05) is 12.3 Å². The van der Waals surface area contributed by atoms with Crippen LogP contribution in [0.15, 0.2) is 18.2 Å². The molecule has 1 saturated heterocycles. The number of carbonyl (C=O) groups excluding carboxylic acids is 1. The third-order valence-electron chi connectivity index (χ3n) is 4.74. The predicted octanol–water partition coefficient (Wildman–Crippen LogP) is 1.52. The molecule has 2 N–H and O–H groups in total. The van der Waals surface area contributed by atoms with Crippen LogP contribution >= 0.6 is 0 Å². The van der Waals surface area contributed by atoms with Gasteiger partial charge in [0.2, 0.25) is 5.91 Å². The Morgan fingerprint density at radius 1 is 1.21 bits per heavy atom. The zero-order chi connectivity index (χ0) is 18.0. The molecular weight excluding hydrogens is 324 g/mol. The summed E-state index contributed by atoms with van der Waals surface area (Å²) in [5.41, 5.74) is 3.53. The molecule has 0 aromatic heterocycles. The predicted molar refractivity (Wildman–Crippen MR) is 96.9 cm³/mol. The van der Waals surface area contributed by atoms with E-state index in [1.807, 2.05) is 20.8 Å². The molecule has 6 heteroatoms. The maximum absolute atomic E-state index is 12.8. The van der Waals surface area contributed by atoms with Crippen LogP contribution in [0.25, 0.3) is 0 Å². The van der Waals surface area contributed by atoms with Crippen LogP contribution in [0.3, 0.4) is 0 Å². The topological polar surface area (TPSA) is 75.3 Å². The standard InChI is InChI=1S/C18H28N2O3S/c1-13-9-14(2)11-16(10-13)12-15(3)20-17(21)18(24(4,22)23)5-7-19-8-6-18/h9-11,15,19H,5-8,12H2,1-4H3,(H,20,21). The third-order valence-corrected chi connectivity index (χ3v) is 6.75. The van der Waals surface area contributed by atoms with Crippen LogP contribution in [0.1, 0.15) is 36.5 Å². The smallest absolute Gasteiger partial charge is 0.241 e. The lowest BCUT2D eigenvalue weighted by molar-refractivity contribution is -0.124. The molecule has 1 aliphatic heterocycles. The number of benzene rings is 1. The molecule has 2 rings (SSSR count). The average Bonchev–Trinajstić information content (AvgIpc) is 2.45. The highest BCUT2D eigenvalue weighted by Gasteiger charge is 2.48. The van der Waals surface area contributed by atoms with E-state index in [0.717, 1.165) is 5.56 Å². The first-order chi connectivity index (χ1) is 11.1. The summed E-state index contributed by atoms with van der Waals surface area (Å²) in [6.45, 7) is 7.12. The lowest BCUT2D eigenvalue weighted by atomic mass is 9.95. The Hall–Kier alpha value is -1.40. The molecule has 1 amide bonds. The van der Waals surface area contributed by atoms with E-state index >= 15 is 0 Å². The highest BCUT2D eigenvalue weighted by molar-refractivity contribution is 7.92. The largest absolute Gasteiger partial charge is 0.352 e. The molecule has 1 atom stereocenters. The summed E-state index contributed by atoms with van der Waals surface area (Å²) in [6, 6.07) is 6.20. The zero-order valence-corrected chi connectivity index (χ0v) is 15.8. The molecule has 0 spiro atoms. The lowest BCUT2D eigenvalue weighted by Gasteiger charge is -2.35. The number of sulfone groups is 1. The first kappa shape index (κ1) is 18.9. The van der Waals surface area contributed by atoms with Crippen molar-refractivity contribution < 1.29 is 13.2 Å². The SMILES string of the molecule is Cc1cc(C)cc(CC(C)NC(=O)C2(S(C)(=O)=O)CCNCC2)c1. The van der Waals surface area contributed by atoms with Crippen molar-refractivity contribution in [3.05, 3.63) is 34.9 Å². The van der Waals surface area contributed by atoms with Crippen LogP contribution in [-0.2, 0) is 21.1 Å². The summed E-state index contributed by atoms with van der Waals surface area (Å²) < 4.78 is 23.3. The summed E-state index contributed by atoms with van der Waals surface area (Å²) in [7, 11) is -3.47. The second-order valence-electron chi connectivity index (χ2n) is 7.09. The van der Waals surface area contributed by atoms with E-state index < -0.39 is 14.6 Å². The first-order valence-corrected chi connectivity index (χ1v) is 10.3. The summed E-state index contributed by atoms with van der Waals surface area (Å²) >= 11 is 0. The fourth-order valence-electron chi connectivity index (χ4n) is 3.54. The highest BCUT2D eigenvalue weighted by Crippen LogP contribution is 2.28. The van der Waals surface area contributed by atoms with Gasteiger partial charge in [-0.05, 0) is 58.7 Å². The number of hydrogen-bond acceptors (Lipinski definition) is 4. The highest BCUT2D eigenvalue weighted by atomic mass is 32.2. The number of rotatable bonds is 5. The molecule has 5 nitrogen and oxygen atoms in total. The van der Waals surface area contributed by atoms with Gasteiger partial charge in [0.25, 0.3) is 0 Å². The van der Waals surface area contributed by atoms with Crippen molar-refractivity contribution in [3.8, 4) is 0 Å². The van der Waals surface area contributed by atoms with Crippen LogP contribution in [0, 0.1) is 13.8 Å². The van der Waals surface area contributed by atoms with Gasteiger partial charge in [0.15, 0.2) is 14.6 Å². The minimum atomic E-state index is -3.47. The number of hydrogen-bond donors (Lipinski definition) is 2. The van der Waals surface area contributed by atoms with Gasteiger partial charge < -0.3 is 10.6 Å². The molecule has 134 valence electrons. The van der Waals surface area contributed by atoms with Crippen LogP contribution < -0.4 is 10.6 Å². The molecule has 0 saturated carbocycles. The monoisotopic (exact) mass is 352 g/mol. The molecule has 24 heavy (non-hydrogen) atoms. The summed E-state index contributed by atoms with van der Waals surface area (Å²) in [5, 5.41) is 6.07. The van der Waals surface area contributed by atoms with Crippen LogP contribution in [-0.4, -0.2) is 44.5 Å². The Bertz CT molecular complexity index is 687. The average molecular weight is 353 g/mol. The Morgan fingerprint density at radius 2 is 1.75 bits per heavy atom. The van der Waals surface area contributed by atoms with Gasteiger partial charge in [-0.3, -0.25) is 4.79 Å². The van der Waals surface area contributed by atoms with E-state index in [9.17, 15) is 13.2 Å². The van der Waals surface area contributed by atoms with E-state index in [4.69, 9.17) is 0 Å². The van der Waals surface area contributed by atoms with Crippen molar-refractivity contribution in [3.63, 3.8) is 0 Å². The van der Waals surface area contributed by atoms with E-state index in [0.29, 0.717) is 32.4 Å². The number of nitrogens with one attached hydrogen (secondary N) is 2. The number of piperidine rings is 1. The molecule has 0 bridgehead atoms. The number of amides is 1. The van der Waals surface area contributed by atoms with Gasteiger partial charge in [-0.25, -0.2) is 8.42 Å². The van der Waals surface area contributed by atoms with Gasteiger partial charge in [0.1, 0.15) is 0 Å². The molecule has 0 radical (unpaired) electrons. The number of carbonyl (C=O) groups is 1. The van der Waals surface area contributed by atoms with E-state index in [1.165, 1.54) is 17.4 Å². The number of aryl methyl sites for hydroxylation is 2. The molecule has 1 aromatic rings. The zero-order valence-electron chi connectivity index (χ0n) is 15.0. The molecule has 1 aromatic carbocycles. The maximum Gasteiger partial charge on any atom is 0.241 e. The van der Waals surface area contributed by atoms with Crippen molar-refractivity contribution in [2.24, 2.45) is 0 Å². The fourth-order valence-corrected chi connectivity index (χ4v) is 4.88. The van der Waals surface area contributed by atoms with Crippen molar-refractivity contribution >= 4 is 15.7 Å². The quantitative estimate of drug-likeness (QED) is 0.842. The van der Waals surface area contributed by atoms with Crippen molar-refractivity contribution in [2.45, 2.75) is 50.8 Å². The van der Waals surface area contributed by atoms with E-state index in [2.05, 4.69) is 28.8 Å². The maximum atomic E-state index is 12.8. The Morgan fingerprint density at radius 3 is 2.25 bits per heavy atom. The summed E-state index contributed by atoms with van der Waals surface area (Å²) in [6.07, 6.45) is 2.51. The fraction of sp³-hybridized carbons (Fsp3) is 0.611. The molecule has 1 aliphatic rings. The molecule has 0 aliphatic carbocycles. The Labute approximate surface area is 145 Å². The van der Waals surface area contributed by atoms with Gasteiger partial charge in [0.05, 0.1) is 0 Å². The lowest BCUT2D eigenvalue weighted by Crippen LogP contribution is -2.58. The summed E-state index contributed by atoms with van der Waals surface area (Å²) in [5.74, 6) is -0.358.